The minimum atomic E-state index is -0.261. The molecule has 5 rings (SSSR count). The second-order valence-corrected chi connectivity index (χ2v) is 7.78. The van der Waals surface area contributed by atoms with Crippen molar-refractivity contribution in [2.45, 2.75) is 13.8 Å². The number of rotatable bonds is 2. The molecule has 0 spiro atoms. The van der Waals surface area contributed by atoms with Crippen molar-refractivity contribution in [3.63, 3.8) is 0 Å². The molecular weight excluding hydrogens is 334 g/mol. The monoisotopic (exact) mass is 355 g/mol. The van der Waals surface area contributed by atoms with Crippen LogP contribution >= 0.6 is 0 Å². The summed E-state index contributed by atoms with van der Waals surface area (Å²) < 4.78 is 0. The van der Waals surface area contributed by atoms with Crippen molar-refractivity contribution in [2.75, 3.05) is 4.90 Å². The van der Waals surface area contributed by atoms with Gasteiger partial charge in [-0.2, -0.15) is 0 Å². The molecule has 1 saturated carbocycles. The zero-order valence-electron chi connectivity index (χ0n) is 15.4. The maximum Gasteiger partial charge on any atom is 0.238 e. The number of hydrogen-bond donors (Lipinski definition) is 0. The molecule has 2 aromatic carbocycles. The quantitative estimate of drug-likeness (QED) is 0.592. The van der Waals surface area contributed by atoms with Crippen LogP contribution in [0.5, 0.6) is 0 Å². The summed E-state index contributed by atoms with van der Waals surface area (Å²) in [6, 6.07) is 17.8. The highest BCUT2D eigenvalue weighted by Gasteiger charge is 2.62. The molecule has 2 amide bonds. The Morgan fingerprint density at radius 3 is 1.93 bits per heavy atom. The minimum absolute atomic E-state index is 0.0338. The lowest BCUT2D eigenvalue weighted by atomic mass is 9.85. The van der Waals surface area contributed by atoms with E-state index < -0.39 is 0 Å². The lowest BCUT2D eigenvalue weighted by Crippen LogP contribution is -2.33. The molecule has 4 atom stereocenters. The fourth-order valence-corrected chi connectivity index (χ4v) is 5.06. The Labute approximate surface area is 159 Å². The van der Waals surface area contributed by atoms with Gasteiger partial charge in [-0.1, -0.05) is 65.8 Å². The summed E-state index contributed by atoms with van der Waals surface area (Å²) in [6.45, 7) is 4.20. The van der Waals surface area contributed by atoms with Crippen LogP contribution in [0.3, 0.4) is 0 Å². The molecule has 0 N–H and O–H groups in total. The number of nitrogens with zero attached hydrogens (tertiary/aromatic N) is 1. The fraction of sp³-hybridized carbons (Fsp3) is 0.250. The second kappa shape index (κ2) is 5.78. The average molecular weight is 355 g/mol. The maximum absolute atomic E-state index is 13.2. The molecule has 0 unspecified atom stereocenters. The van der Waals surface area contributed by atoms with E-state index in [0.29, 0.717) is 5.69 Å². The van der Waals surface area contributed by atoms with Gasteiger partial charge in [-0.3, -0.25) is 9.59 Å². The van der Waals surface area contributed by atoms with E-state index in [9.17, 15) is 9.59 Å². The number of aryl methyl sites for hydroxylation is 1. The summed E-state index contributed by atoms with van der Waals surface area (Å²) in [4.78, 5) is 27.8. The predicted octanol–water partition coefficient (Wildman–Crippen LogP) is 4.39. The van der Waals surface area contributed by atoms with Crippen LogP contribution in [-0.2, 0) is 9.59 Å². The molecule has 2 aliphatic carbocycles. The zero-order valence-corrected chi connectivity index (χ0v) is 15.4. The Bertz CT molecular complexity index is 966. The first-order chi connectivity index (χ1) is 13.1. The van der Waals surface area contributed by atoms with Gasteiger partial charge in [-0.05, 0) is 37.1 Å². The number of para-hydroxylation sites is 1. The van der Waals surface area contributed by atoms with Gasteiger partial charge in [0.1, 0.15) is 0 Å². The Morgan fingerprint density at radius 2 is 1.37 bits per heavy atom. The Hall–Kier alpha value is -2.94. The van der Waals surface area contributed by atoms with E-state index in [4.69, 9.17) is 0 Å². The van der Waals surface area contributed by atoms with E-state index in [1.165, 1.54) is 27.2 Å². The van der Waals surface area contributed by atoms with Crippen LogP contribution in [0.1, 0.15) is 18.1 Å². The van der Waals surface area contributed by atoms with Crippen molar-refractivity contribution < 1.29 is 9.59 Å². The first-order valence-electron chi connectivity index (χ1n) is 9.47. The summed E-state index contributed by atoms with van der Waals surface area (Å²) in [5.41, 5.74) is 5.54. The van der Waals surface area contributed by atoms with Crippen molar-refractivity contribution in [1.82, 2.24) is 0 Å². The number of hydrogen-bond acceptors (Lipinski definition) is 2. The van der Waals surface area contributed by atoms with Crippen molar-refractivity contribution in [3.8, 4) is 0 Å². The van der Waals surface area contributed by atoms with E-state index in [1.807, 2.05) is 30.3 Å². The first kappa shape index (κ1) is 16.2. The molecule has 0 aromatic heterocycles. The molecule has 134 valence electrons. The van der Waals surface area contributed by atoms with Crippen LogP contribution < -0.4 is 4.90 Å². The van der Waals surface area contributed by atoms with Crippen LogP contribution in [0.15, 0.2) is 72.3 Å². The predicted molar refractivity (Wildman–Crippen MR) is 106 cm³/mol. The van der Waals surface area contributed by atoms with E-state index in [-0.39, 0.29) is 35.5 Å². The SMILES string of the molecule is CC(=C1[C@H]2C=C[C@@H]1[C@H]1C(=O)N(c3ccccc3)C(=O)[C@H]12)c1ccc(C)cc1. The number of fused-ring (bicyclic) bond motifs is 5. The number of carbonyl (C=O) groups is 2. The minimum Gasteiger partial charge on any atom is -0.274 e. The molecule has 3 nitrogen and oxygen atoms in total. The molecule has 3 aliphatic rings. The topological polar surface area (TPSA) is 37.4 Å². The molecular formula is C24H21NO2. The van der Waals surface area contributed by atoms with Crippen molar-refractivity contribution >= 4 is 23.1 Å². The Morgan fingerprint density at radius 1 is 0.815 bits per heavy atom. The number of anilines is 1. The normalized spacial score (nSPS) is 30.2. The largest absolute Gasteiger partial charge is 0.274 e. The molecule has 3 heteroatoms. The van der Waals surface area contributed by atoms with Crippen LogP contribution in [0.2, 0.25) is 0 Å². The smallest absolute Gasteiger partial charge is 0.238 e. The standard InChI is InChI=1S/C24H21NO2/c1-14-8-10-16(11-9-14)15(2)20-18-12-13-19(20)22-21(18)23(26)25(24(22)27)17-6-4-3-5-7-17/h3-13,18-19,21-22H,1-2H3/t18-,19+,21+,22-. The van der Waals surface area contributed by atoms with Gasteiger partial charge in [0.15, 0.2) is 0 Å². The van der Waals surface area contributed by atoms with Crippen LogP contribution in [0.25, 0.3) is 5.57 Å². The maximum atomic E-state index is 13.2. The average Bonchev–Trinajstić information content (AvgIpc) is 3.32. The molecule has 2 aromatic rings. The highest BCUT2D eigenvalue weighted by Crippen LogP contribution is 2.58. The van der Waals surface area contributed by atoms with Gasteiger partial charge in [0.25, 0.3) is 0 Å². The zero-order chi connectivity index (χ0) is 18.7. The molecule has 27 heavy (non-hydrogen) atoms. The highest BCUT2D eigenvalue weighted by atomic mass is 16.2. The van der Waals surface area contributed by atoms with Gasteiger partial charge in [-0.25, -0.2) is 4.90 Å². The van der Waals surface area contributed by atoms with Crippen LogP contribution in [0.4, 0.5) is 5.69 Å². The first-order valence-corrected chi connectivity index (χ1v) is 9.47. The third kappa shape index (κ3) is 2.21. The van der Waals surface area contributed by atoms with E-state index >= 15 is 0 Å². The number of carbonyl (C=O) groups excluding carboxylic acids is 2. The number of benzene rings is 2. The van der Waals surface area contributed by atoms with Gasteiger partial charge in [0.2, 0.25) is 11.8 Å². The van der Waals surface area contributed by atoms with Crippen molar-refractivity contribution in [1.29, 1.82) is 0 Å². The number of imide groups is 1. The molecule has 1 heterocycles. The van der Waals surface area contributed by atoms with E-state index in [0.717, 1.165) is 0 Å². The summed E-state index contributed by atoms with van der Waals surface area (Å²) >= 11 is 0. The van der Waals surface area contributed by atoms with Crippen LogP contribution in [0, 0.1) is 30.6 Å². The van der Waals surface area contributed by atoms with Gasteiger partial charge in [0.05, 0.1) is 17.5 Å². The second-order valence-electron chi connectivity index (χ2n) is 7.78. The summed E-state index contributed by atoms with van der Waals surface area (Å²) in [5, 5.41) is 0. The lowest BCUT2D eigenvalue weighted by molar-refractivity contribution is -0.122. The van der Waals surface area contributed by atoms with Gasteiger partial charge in [-0.15, -0.1) is 0 Å². The van der Waals surface area contributed by atoms with Crippen LogP contribution in [-0.4, -0.2) is 11.8 Å². The Kier molecular flexibility index (Phi) is 3.48. The third-order valence-corrected chi connectivity index (χ3v) is 6.35. The molecule has 2 fully saturated rings. The van der Waals surface area contributed by atoms with E-state index in [2.05, 4.69) is 50.3 Å². The molecule has 1 aliphatic heterocycles. The molecule has 2 bridgehead atoms. The third-order valence-electron chi connectivity index (χ3n) is 6.35. The Balaban J connectivity index is 1.55. The number of amides is 2. The van der Waals surface area contributed by atoms with Crippen molar-refractivity contribution in [2.24, 2.45) is 23.7 Å². The van der Waals surface area contributed by atoms with E-state index in [1.54, 1.807) is 0 Å². The van der Waals surface area contributed by atoms with Crippen molar-refractivity contribution in [3.05, 3.63) is 83.4 Å². The van der Waals surface area contributed by atoms with Gasteiger partial charge in [0, 0.05) is 11.8 Å². The fourth-order valence-electron chi connectivity index (χ4n) is 5.06. The highest BCUT2D eigenvalue weighted by molar-refractivity contribution is 6.23. The summed E-state index contributed by atoms with van der Waals surface area (Å²) in [5.74, 6) is -0.561. The molecule has 0 radical (unpaired) electrons. The summed E-state index contributed by atoms with van der Waals surface area (Å²) in [6.07, 6.45) is 4.27. The summed E-state index contributed by atoms with van der Waals surface area (Å²) in [7, 11) is 0. The number of allylic oxidation sites excluding steroid dienone is 4. The van der Waals surface area contributed by atoms with Gasteiger partial charge >= 0.3 is 0 Å². The molecule has 1 saturated heterocycles. The van der Waals surface area contributed by atoms with Gasteiger partial charge < -0.3 is 0 Å². The lowest BCUT2D eigenvalue weighted by Gasteiger charge is -2.20.